The molecule has 0 bridgehead atoms. The number of aromatic amines is 1. The van der Waals surface area contributed by atoms with Crippen molar-refractivity contribution in [2.24, 2.45) is 0 Å². The number of aromatic nitrogens is 1. The van der Waals surface area contributed by atoms with Gasteiger partial charge in [-0.2, -0.15) is 13.2 Å². The molecule has 0 spiro atoms. The number of halogens is 4. The third-order valence-corrected chi connectivity index (χ3v) is 3.64. The molecule has 2 N–H and O–H groups in total. The monoisotopic (exact) mass is 392 g/mol. The number of carbonyl (C=O) groups is 1. The first-order chi connectivity index (χ1) is 13.2. The van der Waals surface area contributed by atoms with Gasteiger partial charge < -0.3 is 15.0 Å². The van der Waals surface area contributed by atoms with Crippen molar-refractivity contribution in [2.75, 3.05) is 5.32 Å². The van der Waals surface area contributed by atoms with Crippen LogP contribution in [0.3, 0.4) is 0 Å². The molecule has 3 aromatic rings. The lowest BCUT2D eigenvalue weighted by Crippen LogP contribution is -2.16. The number of nitrogens with one attached hydrogen (secondary N) is 2. The van der Waals surface area contributed by atoms with Gasteiger partial charge in [0.1, 0.15) is 17.3 Å². The third kappa shape index (κ3) is 4.56. The zero-order valence-electron chi connectivity index (χ0n) is 14.0. The Morgan fingerprint density at radius 3 is 2.32 bits per heavy atom. The summed E-state index contributed by atoms with van der Waals surface area (Å²) in [6, 6.07) is 9.65. The molecule has 144 valence electrons. The molecule has 3 rings (SSSR count). The zero-order chi connectivity index (χ0) is 20.3. The van der Waals surface area contributed by atoms with E-state index in [0.29, 0.717) is 6.07 Å². The maximum absolute atomic E-state index is 13.1. The van der Waals surface area contributed by atoms with Gasteiger partial charge in [-0.05, 0) is 48.5 Å². The predicted octanol–water partition coefficient (Wildman–Crippen LogP) is 4.58. The van der Waals surface area contributed by atoms with Crippen LogP contribution in [0.15, 0.2) is 65.6 Å². The molecule has 0 fully saturated rings. The van der Waals surface area contributed by atoms with Crippen LogP contribution in [0.1, 0.15) is 15.9 Å². The molecule has 2 aromatic carbocycles. The summed E-state index contributed by atoms with van der Waals surface area (Å²) in [5.41, 5.74) is -1.65. The van der Waals surface area contributed by atoms with Gasteiger partial charge in [-0.15, -0.1) is 0 Å². The van der Waals surface area contributed by atoms with E-state index in [2.05, 4.69) is 10.3 Å². The molecule has 9 heteroatoms. The summed E-state index contributed by atoms with van der Waals surface area (Å²) in [6.07, 6.45) is -3.46. The minimum atomic E-state index is -4.67. The second-order valence-corrected chi connectivity index (χ2v) is 5.66. The van der Waals surface area contributed by atoms with Gasteiger partial charge in [-0.1, -0.05) is 0 Å². The van der Waals surface area contributed by atoms with Crippen molar-refractivity contribution in [1.82, 2.24) is 4.98 Å². The quantitative estimate of drug-likeness (QED) is 0.639. The highest BCUT2D eigenvalue weighted by Crippen LogP contribution is 2.34. The summed E-state index contributed by atoms with van der Waals surface area (Å²) in [4.78, 5) is 25.9. The number of ether oxygens (including phenoxy) is 1. The average Bonchev–Trinajstić information content (AvgIpc) is 2.65. The SMILES string of the molecule is O=C(Nc1ccc(=O)[nH]c1)c1cc(C(F)(F)F)ccc1Oc1ccc(F)cc1. The van der Waals surface area contributed by atoms with Crippen LogP contribution in [0.4, 0.5) is 23.2 Å². The standard InChI is InChI=1S/C19H12F4N2O3/c20-12-2-5-14(6-3-12)28-16-7-1-11(19(21,22)23)9-15(16)18(27)25-13-4-8-17(26)24-10-13/h1-10H,(H,24,26)(H,25,27). The Kier molecular flexibility index (Phi) is 5.16. The maximum atomic E-state index is 13.1. The van der Waals surface area contributed by atoms with Gasteiger partial charge in [-0.25, -0.2) is 4.39 Å². The second-order valence-electron chi connectivity index (χ2n) is 5.66. The van der Waals surface area contributed by atoms with E-state index < -0.39 is 29.0 Å². The number of hydrogen-bond acceptors (Lipinski definition) is 3. The summed E-state index contributed by atoms with van der Waals surface area (Å²) in [5.74, 6) is -1.41. The van der Waals surface area contributed by atoms with Gasteiger partial charge in [0.2, 0.25) is 5.56 Å². The predicted molar refractivity (Wildman–Crippen MR) is 92.9 cm³/mol. The Morgan fingerprint density at radius 2 is 1.71 bits per heavy atom. The van der Waals surface area contributed by atoms with Crippen LogP contribution in [0.5, 0.6) is 11.5 Å². The molecule has 28 heavy (non-hydrogen) atoms. The Balaban J connectivity index is 1.96. The van der Waals surface area contributed by atoms with Gasteiger partial charge in [0.25, 0.3) is 5.91 Å². The zero-order valence-corrected chi connectivity index (χ0v) is 14.0. The van der Waals surface area contributed by atoms with Crippen LogP contribution >= 0.6 is 0 Å². The molecule has 0 aliphatic rings. The molecular formula is C19H12F4N2O3. The number of amides is 1. The molecule has 5 nitrogen and oxygen atoms in total. The highest BCUT2D eigenvalue weighted by Gasteiger charge is 2.32. The minimum absolute atomic E-state index is 0.138. The first-order valence-corrected chi connectivity index (χ1v) is 7.87. The van der Waals surface area contributed by atoms with Crippen LogP contribution < -0.4 is 15.6 Å². The van der Waals surface area contributed by atoms with Gasteiger partial charge in [0, 0.05) is 12.3 Å². The lowest BCUT2D eigenvalue weighted by Gasteiger charge is -2.14. The summed E-state index contributed by atoms with van der Waals surface area (Å²) in [5, 5.41) is 2.38. The van der Waals surface area contributed by atoms with E-state index in [-0.39, 0.29) is 22.7 Å². The van der Waals surface area contributed by atoms with Crippen molar-refractivity contribution in [2.45, 2.75) is 6.18 Å². The largest absolute Gasteiger partial charge is 0.457 e. The minimum Gasteiger partial charge on any atom is -0.457 e. The van der Waals surface area contributed by atoms with Crippen LogP contribution in [0, 0.1) is 5.82 Å². The number of rotatable bonds is 4. The van der Waals surface area contributed by atoms with Crippen LogP contribution in [-0.4, -0.2) is 10.9 Å². The number of hydrogen-bond donors (Lipinski definition) is 2. The summed E-state index contributed by atoms with van der Waals surface area (Å²) < 4.78 is 57.6. The van der Waals surface area contributed by atoms with Gasteiger partial charge >= 0.3 is 6.18 Å². The third-order valence-electron chi connectivity index (χ3n) is 3.64. The van der Waals surface area contributed by atoms with Crippen molar-refractivity contribution in [1.29, 1.82) is 0 Å². The first kappa shape index (κ1) is 19.2. The van der Waals surface area contributed by atoms with Crippen molar-refractivity contribution in [3.63, 3.8) is 0 Å². The van der Waals surface area contributed by atoms with Crippen LogP contribution in [-0.2, 0) is 6.18 Å². The van der Waals surface area contributed by atoms with Crippen LogP contribution in [0.2, 0.25) is 0 Å². The topological polar surface area (TPSA) is 71.2 Å². The summed E-state index contributed by atoms with van der Waals surface area (Å²) >= 11 is 0. The Bertz CT molecular complexity index is 1040. The fraction of sp³-hybridized carbons (Fsp3) is 0.0526. The van der Waals surface area contributed by atoms with Gasteiger partial charge in [0.05, 0.1) is 16.8 Å². The van der Waals surface area contributed by atoms with E-state index in [0.717, 1.165) is 30.3 Å². The van der Waals surface area contributed by atoms with E-state index in [1.54, 1.807) is 0 Å². The lowest BCUT2D eigenvalue weighted by molar-refractivity contribution is -0.137. The second kappa shape index (κ2) is 7.55. The highest BCUT2D eigenvalue weighted by molar-refractivity contribution is 6.06. The van der Waals surface area contributed by atoms with E-state index in [4.69, 9.17) is 4.74 Å². The first-order valence-electron chi connectivity index (χ1n) is 7.87. The van der Waals surface area contributed by atoms with E-state index in [1.807, 2.05) is 0 Å². The highest BCUT2D eigenvalue weighted by atomic mass is 19.4. The normalized spacial score (nSPS) is 11.1. The van der Waals surface area contributed by atoms with Crippen LogP contribution in [0.25, 0.3) is 0 Å². The van der Waals surface area contributed by atoms with Crippen molar-refractivity contribution in [3.8, 4) is 11.5 Å². The molecule has 0 aliphatic carbocycles. The number of pyridine rings is 1. The van der Waals surface area contributed by atoms with Crippen molar-refractivity contribution >= 4 is 11.6 Å². The number of benzene rings is 2. The fourth-order valence-electron chi connectivity index (χ4n) is 2.29. The Hall–Kier alpha value is -3.62. The molecule has 0 unspecified atom stereocenters. The molecule has 1 heterocycles. The molecule has 0 saturated heterocycles. The van der Waals surface area contributed by atoms with Gasteiger partial charge in [-0.3, -0.25) is 9.59 Å². The summed E-state index contributed by atoms with van der Waals surface area (Å²) in [6.45, 7) is 0. The molecule has 1 aromatic heterocycles. The van der Waals surface area contributed by atoms with E-state index in [1.165, 1.54) is 24.4 Å². The van der Waals surface area contributed by atoms with Crippen molar-refractivity contribution < 1.29 is 27.1 Å². The molecule has 1 amide bonds. The smallest absolute Gasteiger partial charge is 0.416 e. The number of alkyl halides is 3. The number of anilines is 1. The van der Waals surface area contributed by atoms with Gasteiger partial charge in [0.15, 0.2) is 0 Å². The number of H-pyrrole nitrogens is 1. The molecular weight excluding hydrogens is 380 g/mol. The Morgan fingerprint density at radius 1 is 1.00 bits per heavy atom. The lowest BCUT2D eigenvalue weighted by atomic mass is 10.1. The number of carbonyl (C=O) groups excluding carboxylic acids is 1. The summed E-state index contributed by atoms with van der Waals surface area (Å²) in [7, 11) is 0. The van der Waals surface area contributed by atoms with Crippen molar-refractivity contribution in [3.05, 3.63) is 88.1 Å². The molecule has 0 radical (unpaired) electrons. The maximum Gasteiger partial charge on any atom is 0.416 e. The average molecular weight is 392 g/mol. The fourth-order valence-corrected chi connectivity index (χ4v) is 2.29. The van der Waals surface area contributed by atoms with E-state index >= 15 is 0 Å². The van der Waals surface area contributed by atoms with E-state index in [9.17, 15) is 27.2 Å². The molecule has 0 saturated carbocycles. The molecule has 0 aliphatic heterocycles. The molecule has 0 atom stereocenters. The Labute approximate surface area is 155 Å².